The van der Waals surface area contributed by atoms with Crippen LogP contribution in [-0.2, 0) is 26.2 Å². The van der Waals surface area contributed by atoms with E-state index in [-0.39, 0.29) is 24.2 Å². The largest absolute Gasteiger partial charge is 0.352 e. The van der Waals surface area contributed by atoms with Gasteiger partial charge in [-0.1, -0.05) is 55.7 Å². The fourth-order valence-corrected chi connectivity index (χ4v) is 5.38. The Kier molecular flexibility index (Phi) is 8.88. The van der Waals surface area contributed by atoms with Crippen molar-refractivity contribution < 1.29 is 22.4 Å². The van der Waals surface area contributed by atoms with E-state index in [1.54, 1.807) is 0 Å². The first-order chi connectivity index (χ1) is 16.6. The number of amides is 2. The molecule has 0 bridgehead atoms. The maximum Gasteiger partial charge on any atom is 0.244 e. The number of rotatable bonds is 10. The SMILES string of the molecule is CC[C@H](C(=O)NC1CCCC1)N(Cc1cccc(C)c1)C(=O)CN(c1cccc(F)c1)S(C)(=O)=O. The summed E-state index contributed by atoms with van der Waals surface area (Å²) in [6, 6.07) is 12.0. The predicted molar refractivity (Wildman–Crippen MR) is 135 cm³/mol. The van der Waals surface area contributed by atoms with Gasteiger partial charge in [-0.2, -0.15) is 0 Å². The molecule has 0 spiro atoms. The molecule has 1 aliphatic rings. The lowest BCUT2D eigenvalue weighted by Gasteiger charge is -2.33. The number of carbonyl (C=O) groups is 2. The highest BCUT2D eigenvalue weighted by molar-refractivity contribution is 7.92. The molecule has 1 fully saturated rings. The first-order valence-electron chi connectivity index (χ1n) is 12.0. The number of hydrogen-bond donors (Lipinski definition) is 1. The Hall–Kier alpha value is -2.94. The fourth-order valence-electron chi connectivity index (χ4n) is 4.54. The van der Waals surface area contributed by atoms with Crippen molar-refractivity contribution in [3.05, 3.63) is 65.5 Å². The van der Waals surface area contributed by atoms with Crippen LogP contribution in [0.4, 0.5) is 10.1 Å². The van der Waals surface area contributed by atoms with Crippen LogP contribution < -0.4 is 9.62 Å². The van der Waals surface area contributed by atoms with E-state index in [0.717, 1.165) is 53.4 Å². The van der Waals surface area contributed by atoms with Crippen LogP contribution in [0.5, 0.6) is 0 Å². The van der Waals surface area contributed by atoms with E-state index in [1.807, 2.05) is 38.1 Å². The zero-order valence-corrected chi connectivity index (χ0v) is 21.4. The molecule has 2 amide bonds. The molecule has 9 heteroatoms. The molecule has 1 N–H and O–H groups in total. The van der Waals surface area contributed by atoms with Gasteiger partial charge in [0.2, 0.25) is 21.8 Å². The highest BCUT2D eigenvalue weighted by atomic mass is 32.2. The average molecular weight is 504 g/mol. The van der Waals surface area contributed by atoms with Gasteiger partial charge < -0.3 is 10.2 Å². The topological polar surface area (TPSA) is 86.8 Å². The van der Waals surface area contributed by atoms with Gasteiger partial charge in [-0.25, -0.2) is 12.8 Å². The number of hydrogen-bond acceptors (Lipinski definition) is 4. The van der Waals surface area contributed by atoms with Gasteiger partial charge in [-0.05, 0) is 49.9 Å². The summed E-state index contributed by atoms with van der Waals surface area (Å²) in [6.45, 7) is 3.38. The Bertz CT molecular complexity index is 1150. The summed E-state index contributed by atoms with van der Waals surface area (Å²) in [5.74, 6) is -1.38. The smallest absolute Gasteiger partial charge is 0.244 e. The molecule has 1 aliphatic carbocycles. The lowest BCUT2D eigenvalue weighted by molar-refractivity contribution is -0.140. The van der Waals surface area contributed by atoms with Crippen molar-refractivity contribution in [2.45, 2.75) is 64.6 Å². The molecule has 0 radical (unpaired) electrons. The first-order valence-corrected chi connectivity index (χ1v) is 13.8. The van der Waals surface area contributed by atoms with Crippen LogP contribution in [-0.4, -0.2) is 50.0 Å². The van der Waals surface area contributed by atoms with Gasteiger partial charge in [-0.15, -0.1) is 0 Å². The summed E-state index contributed by atoms with van der Waals surface area (Å²) in [5, 5.41) is 3.07. The molecule has 2 aromatic rings. The van der Waals surface area contributed by atoms with E-state index in [0.29, 0.717) is 6.42 Å². The fraction of sp³-hybridized carbons (Fsp3) is 0.462. The second kappa shape index (κ2) is 11.7. The molecule has 0 aliphatic heterocycles. The lowest BCUT2D eigenvalue weighted by Crippen LogP contribution is -2.53. The highest BCUT2D eigenvalue weighted by Crippen LogP contribution is 2.22. The Labute approximate surface area is 207 Å². The number of benzene rings is 2. The summed E-state index contributed by atoms with van der Waals surface area (Å²) >= 11 is 0. The molecule has 0 unspecified atom stereocenters. The van der Waals surface area contributed by atoms with Crippen molar-refractivity contribution in [3.63, 3.8) is 0 Å². The molecule has 3 rings (SSSR count). The van der Waals surface area contributed by atoms with Crippen LogP contribution in [0.2, 0.25) is 0 Å². The maximum absolute atomic E-state index is 13.8. The Balaban J connectivity index is 1.92. The molecule has 0 saturated heterocycles. The van der Waals surface area contributed by atoms with E-state index in [9.17, 15) is 22.4 Å². The van der Waals surface area contributed by atoms with Gasteiger partial charge in [0.1, 0.15) is 18.4 Å². The molecule has 0 heterocycles. The van der Waals surface area contributed by atoms with Crippen LogP contribution in [0.3, 0.4) is 0 Å². The van der Waals surface area contributed by atoms with Crippen molar-refractivity contribution in [1.29, 1.82) is 0 Å². The normalized spacial score (nSPS) is 15.0. The molecule has 190 valence electrons. The van der Waals surface area contributed by atoms with Gasteiger partial charge in [0, 0.05) is 12.6 Å². The van der Waals surface area contributed by atoms with E-state index >= 15 is 0 Å². The zero-order valence-electron chi connectivity index (χ0n) is 20.5. The molecule has 1 atom stereocenters. The molecule has 1 saturated carbocycles. The third-order valence-electron chi connectivity index (χ3n) is 6.30. The summed E-state index contributed by atoms with van der Waals surface area (Å²) in [7, 11) is -3.90. The van der Waals surface area contributed by atoms with Crippen LogP contribution in [0.25, 0.3) is 0 Å². The summed E-state index contributed by atoms with van der Waals surface area (Å²) in [6.07, 6.45) is 5.29. The Morgan fingerprint density at radius 3 is 2.40 bits per heavy atom. The summed E-state index contributed by atoms with van der Waals surface area (Å²) in [4.78, 5) is 28.3. The third kappa shape index (κ3) is 7.27. The van der Waals surface area contributed by atoms with Crippen molar-refractivity contribution in [1.82, 2.24) is 10.2 Å². The molecular weight excluding hydrogens is 469 g/mol. The van der Waals surface area contributed by atoms with Gasteiger partial charge in [-0.3, -0.25) is 13.9 Å². The van der Waals surface area contributed by atoms with Gasteiger partial charge in [0.15, 0.2) is 0 Å². The van der Waals surface area contributed by atoms with Gasteiger partial charge in [0.25, 0.3) is 0 Å². The Morgan fingerprint density at radius 1 is 1.11 bits per heavy atom. The summed E-state index contributed by atoms with van der Waals surface area (Å²) in [5.41, 5.74) is 1.90. The van der Waals surface area contributed by atoms with E-state index in [1.165, 1.54) is 23.1 Å². The number of nitrogens with one attached hydrogen (secondary N) is 1. The van der Waals surface area contributed by atoms with Gasteiger partial charge in [0.05, 0.1) is 11.9 Å². The molecule has 2 aromatic carbocycles. The number of carbonyl (C=O) groups excluding carboxylic acids is 2. The van der Waals surface area contributed by atoms with Crippen LogP contribution in [0.15, 0.2) is 48.5 Å². The minimum Gasteiger partial charge on any atom is -0.352 e. The average Bonchev–Trinajstić information content (AvgIpc) is 3.29. The minimum absolute atomic E-state index is 0.0554. The van der Waals surface area contributed by atoms with Crippen LogP contribution in [0.1, 0.15) is 50.2 Å². The quantitative estimate of drug-likeness (QED) is 0.535. The van der Waals surface area contributed by atoms with E-state index < -0.39 is 34.3 Å². The monoisotopic (exact) mass is 503 g/mol. The van der Waals surface area contributed by atoms with Crippen molar-refractivity contribution in [2.75, 3.05) is 17.1 Å². The minimum atomic E-state index is -3.90. The maximum atomic E-state index is 13.8. The Morgan fingerprint density at radius 2 is 1.80 bits per heavy atom. The number of sulfonamides is 1. The third-order valence-corrected chi connectivity index (χ3v) is 7.44. The van der Waals surface area contributed by atoms with Crippen LogP contribution in [0, 0.1) is 12.7 Å². The molecule has 7 nitrogen and oxygen atoms in total. The molecular formula is C26H34FN3O4S. The van der Waals surface area contributed by atoms with E-state index in [4.69, 9.17) is 0 Å². The predicted octanol–water partition coefficient (Wildman–Crippen LogP) is 3.77. The number of nitrogens with zero attached hydrogens (tertiary/aromatic N) is 2. The lowest BCUT2D eigenvalue weighted by atomic mass is 10.1. The van der Waals surface area contributed by atoms with Crippen molar-refractivity contribution >= 4 is 27.5 Å². The zero-order chi connectivity index (χ0) is 25.6. The second-order valence-electron chi connectivity index (χ2n) is 9.17. The van der Waals surface area contributed by atoms with E-state index in [2.05, 4.69) is 5.32 Å². The van der Waals surface area contributed by atoms with Crippen molar-refractivity contribution in [3.8, 4) is 0 Å². The van der Waals surface area contributed by atoms with Crippen LogP contribution >= 0.6 is 0 Å². The standard InChI is InChI=1S/C26H34FN3O4S/c1-4-24(26(32)28-22-12-5-6-13-22)29(17-20-10-7-9-19(2)15-20)25(31)18-30(35(3,33)34)23-14-8-11-21(27)16-23/h7-11,14-16,22,24H,4-6,12-13,17-18H2,1-3H3,(H,28,32)/t24-/m1/s1. The van der Waals surface area contributed by atoms with Crippen molar-refractivity contribution in [2.24, 2.45) is 0 Å². The van der Waals surface area contributed by atoms with Gasteiger partial charge >= 0.3 is 0 Å². The number of halogens is 1. The highest BCUT2D eigenvalue weighted by Gasteiger charge is 2.33. The number of anilines is 1. The molecule has 0 aromatic heterocycles. The summed E-state index contributed by atoms with van der Waals surface area (Å²) < 4.78 is 39.9. The number of aryl methyl sites for hydroxylation is 1. The molecule has 35 heavy (non-hydrogen) atoms. The first kappa shape index (κ1) is 26.7. The second-order valence-corrected chi connectivity index (χ2v) is 11.1.